The van der Waals surface area contributed by atoms with Crippen LogP contribution in [0, 0.1) is 11.3 Å². The molecule has 9 nitrogen and oxygen atoms in total. The molecule has 2 heterocycles. The number of aromatic nitrogens is 3. The van der Waals surface area contributed by atoms with Gasteiger partial charge in [-0.1, -0.05) is 44.2 Å². The number of para-hydroxylation sites is 1. The number of carbonyl (C=O) groups excluding carboxylic acids is 1. The molecule has 0 radical (unpaired) electrons. The highest BCUT2D eigenvalue weighted by molar-refractivity contribution is 7.89. The Labute approximate surface area is 236 Å². The zero-order valence-electron chi connectivity index (χ0n) is 21.8. The number of nitrogens with zero attached hydrogens (tertiary/aromatic N) is 3. The SMILES string of the molecule is CC(C)c1cc(C(=O)Nc2cccc(S(=O)(=O)NC(Cc3cccc(C#N)c3)c3nc4ccccc4s3)c2)n[nH]1. The Morgan fingerprint density at radius 3 is 2.60 bits per heavy atom. The summed E-state index contributed by atoms with van der Waals surface area (Å²) >= 11 is 1.41. The summed E-state index contributed by atoms with van der Waals surface area (Å²) in [7, 11) is -4.03. The van der Waals surface area contributed by atoms with Crippen LogP contribution in [0.3, 0.4) is 0 Å². The maximum absolute atomic E-state index is 13.6. The van der Waals surface area contributed by atoms with Gasteiger partial charge in [-0.15, -0.1) is 11.3 Å². The number of rotatable bonds is 9. The lowest BCUT2D eigenvalue weighted by atomic mass is 10.0. The van der Waals surface area contributed by atoms with Crippen LogP contribution in [0.25, 0.3) is 10.2 Å². The first-order valence-corrected chi connectivity index (χ1v) is 14.9. The standard InChI is InChI=1S/C29H26N6O3S2/c1-18(2)24-16-25(34-33-24)28(36)31-21-9-6-10-22(15-21)40(37,38)35-26(14-19-7-5-8-20(13-19)17-30)29-32-23-11-3-4-12-27(23)39-29/h3-13,15-16,18,26,35H,14H2,1-2H3,(H,31,36)(H,33,34). The molecule has 3 aromatic carbocycles. The number of amides is 1. The average Bonchev–Trinajstić information content (AvgIpc) is 3.61. The van der Waals surface area contributed by atoms with E-state index in [2.05, 4.69) is 26.3 Å². The molecule has 0 fully saturated rings. The summed E-state index contributed by atoms with van der Waals surface area (Å²) in [5, 5.41) is 19.5. The topological polar surface area (TPSA) is 141 Å². The van der Waals surface area contributed by atoms with E-state index >= 15 is 0 Å². The van der Waals surface area contributed by atoms with Gasteiger partial charge < -0.3 is 5.32 Å². The van der Waals surface area contributed by atoms with E-state index in [9.17, 15) is 18.5 Å². The third-order valence-corrected chi connectivity index (χ3v) is 8.88. The fourth-order valence-electron chi connectivity index (χ4n) is 4.16. The molecule has 0 bridgehead atoms. The summed E-state index contributed by atoms with van der Waals surface area (Å²) in [6, 6.07) is 23.8. The van der Waals surface area contributed by atoms with E-state index in [1.165, 1.54) is 23.5 Å². The zero-order valence-corrected chi connectivity index (χ0v) is 23.4. The van der Waals surface area contributed by atoms with Gasteiger partial charge in [-0.3, -0.25) is 9.89 Å². The number of hydrogen-bond acceptors (Lipinski definition) is 7. The largest absolute Gasteiger partial charge is 0.321 e. The number of anilines is 1. The molecule has 5 rings (SSSR count). The minimum atomic E-state index is -4.03. The van der Waals surface area contributed by atoms with E-state index in [-0.39, 0.29) is 16.5 Å². The Morgan fingerprint density at radius 1 is 1.05 bits per heavy atom. The normalized spacial score (nSPS) is 12.3. The van der Waals surface area contributed by atoms with Crippen molar-refractivity contribution in [2.45, 2.75) is 37.1 Å². The van der Waals surface area contributed by atoms with Gasteiger partial charge in [0.15, 0.2) is 5.69 Å². The van der Waals surface area contributed by atoms with Gasteiger partial charge in [0.05, 0.1) is 32.8 Å². The molecule has 3 N–H and O–H groups in total. The molecule has 0 saturated heterocycles. The molecule has 0 aliphatic heterocycles. The van der Waals surface area contributed by atoms with Gasteiger partial charge in [-0.2, -0.15) is 10.4 Å². The number of H-pyrrole nitrogens is 1. The molecule has 0 aliphatic carbocycles. The Hall–Kier alpha value is -4.37. The van der Waals surface area contributed by atoms with Crippen molar-refractivity contribution in [1.82, 2.24) is 19.9 Å². The van der Waals surface area contributed by atoms with E-state index in [1.807, 2.05) is 44.2 Å². The molecule has 11 heteroatoms. The monoisotopic (exact) mass is 570 g/mol. The van der Waals surface area contributed by atoms with Crippen molar-refractivity contribution in [2.24, 2.45) is 0 Å². The number of benzene rings is 3. The third-order valence-electron chi connectivity index (χ3n) is 6.26. The van der Waals surface area contributed by atoms with E-state index < -0.39 is 22.0 Å². The maximum atomic E-state index is 13.6. The highest BCUT2D eigenvalue weighted by atomic mass is 32.2. The summed E-state index contributed by atoms with van der Waals surface area (Å²) in [6.45, 7) is 3.97. The number of hydrogen-bond donors (Lipinski definition) is 3. The average molecular weight is 571 g/mol. The predicted molar refractivity (Wildman–Crippen MR) is 155 cm³/mol. The Morgan fingerprint density at radius 2 is 1.85 bits per heavy atom. The molecule has 5 aromatic rings. The predicted octanol–water partition coefficient (Wildman–Crippen LogP) is 5.53. The molecular weight excluding hydrogens is 544 g/mol. The zero-order chi connectivity index (χ0) is 28.3. The molecule has 0 saturated carbocycles. The lowest BCUT2D eigenvalue weighted by Gasteiger charge is -2.17. The summed E-state index contributed by atoms with van der Waals surface area (Å²) in [5.41, 5.74) is 3.43. The van der Waals surface area contributed by atoms with Crippen LogP contribution >= 0.6 is 11.3 Å². The Balaban J connectivity index is 1.42. The first-order valence-electron chi connectivity index (χ1n) is 12.6. The van der Waals surface area contributed by atoms with Crippen LogP contribution in [0.4, 0.5) is 5.69 Å². The van der Waals surface area contributed by atoms with E-state index in [0.29, 0.717) is 22.7 Å². The van der Waals surface area contributed by atoms with Crippen molar-refractivity contribution in [3.05, 3.63) is 106 Å². The highest BCUT2D eigenvalue weighted by Crippen LogP contribution is 2.30. The first-order chi connectivity index (χ1) is 19.2. The molecule has 1 atom stereocenters. The van der Waals surface area contributed by atoms with Gasteiger partial charge in [-0.25, -0.2) is 18.1 Å². The minimum absolute atomic E-state index is 0.00733. The number of aromatic amines is 1. The molecule has 0 aliphatic rings. The van der Waals surface area contributed by atoms with Crippen LogP contribution in [0.1, 0.15) is 58.1 Å². The molecule has 0 spiro atoms. The van der Waals surface area contributed by atoms with Crippen LogP contribution in [-0.4, -0.2) is 29.5 Å². The van der Waals surface area contributed by atoms with Crippen LogP contribution in [-0.2, 0) is 16.4 Å². The van der Waals surface area contributed by atoms with Crippen LogP contribution in [0.2, 0.25) is 0 Å². The van der Waals surface area contributed by atoms with Crippen molar-refractivity contribution >= 4 is 43.2 Å². The summed E-state index contributed by atoms with van der Waals surface area (Å²) < 4.78 is 31.0. The van der Waals surface area contributed by atoms with Gasteiger partial charge in [0, 0.05) is 11.4 Å². The Bertz CT molecular complexity index is 1800. The van der Waals surface area contributed by atoms with Gasteiger partial charge in [0.2, 0.25) is 10.0 Å². The quantitative estimate of drug-likeness (QED) is 0.213. The van der Waals surface area contributed by atoms with Gasteiger partial charge in [0.1, 0.15) is 5.01 Å². The molecule has 2 aromatic heterocycles. The van der Waals surface area contributed by atoms with Crippen LogP contribution in [0.15, 0.2) is 83.8 Å². The van der Waals surface area contributed by atoms with Gasteiger partial charge in [0.25, 0.3) is 5.91 Å². The number of sulfonamides is 1. The first kappa shape index (κ1) is 27.2. The number of carbonyl (C=O) groups is 1. The van der Waals surface area contributed by atoms with Crippen molar-refractivity contribution in [1.29, 1.82) is 5.26 Å². The molecule has 40 heavy (non-hydrogen) atoms. The lowest BCUT2D eigenvalue weighted by molar-refractivity contribution is 0.102. The molecule has 202 valence electrons. The summed E-state index contributed by atoms with van der Waals surface area (Å²) in [4.78, 5) is 17.4. The second-order valence-electron chi connectivity index (χ2n) is 9.56. The molecular formula is C29H26N6O3S2. The van der Waals surface area contributed by atoms with E-state index in [1.54, 1.807) is 36.4 Å². The fraction of sp³-hybridized carbons (Fsp3) is 0.172. The Kier molecular flexibility index (Phi) is 7.75. The third kappa shape index (κ3) is 6.10. The van der Waals surface area contributed by atoms with Crippen LogP contribution < -0.4 is 10.0 Å². The van der Waals surface area contributed by atoms with Crippen molar-refractivity contribution in [2.75, 3.05) is 5.32 Å². The van der Waals surface area contributed by atoms with E-state index in [0.717, 1.165) is 21.5 Å². The second kappa shape index (κ2) is 11.4. The number of fused-ring (bicyclic) bond motifs is 1. The summed E-state index contributed by atoms with van der Waals surface area (Å²) in [6.07, 6.45) is 0.294. The van der Waals surface area contributed by atoms with Crippen LogP contribution in [0.5, 0.6) is 0 Å². The molecule has 1 unspecified atom stereocenters. The highest BCUT2D eigenvalue weighted by Gasteiger charge is 2.25. The maximum Gasteiger partial charge on any atom is 0.276 e. The lowest BCUT2D eigenvalue weighted by Crippen LogP contribution is -2.30. The van der Waals surface area contributed by atoms with Gasteiger partial charge in [-0.05, 0) is 66.4 Å². The smallest absolute Gasteiger partial charge is 0.276 e. The number of nitrogens with one attached hydrogen (secondary N) is 3. The minimum Gasteiger partial charge on any atom is -0.321 e. The van der Waals surface area contributed by atoms with Crippen molar-refractivity contribution in [3.63, 3.8) is 0 Å². The summed E-state index contributed by atoms with van der Waals surface area (Å²) in [5.74, 6) is -0.269. The van der Waals surface area contributed by atoms with Crippen molar-refractivity contribution < 1.29 is 13.2 Å². The number of thiazole rings is 1. The van der Waals surface area contributed by atoms with Crippen molar-refractivity contribution in [3.8, 4) is 6.07 Å². The van der Waals surface area contributed by atoms with Gasteiger partial charge >= 0.3 is 0 Å². The number of nitriles is 1. The molecule has 1 amide bonds. The van der Waals surface area contributed by atoms with E-state index in [4.69, 9.17) is 4.98 Å². The second-order valence-corrected chi connectivity index (χ2v) is 12.3. The fourth-order valence-corrected chi connectivity index (χ4v) is 6.50.